The highest BCUT2D eigenvalue weighted by Crippen LogP contribution is 2.33. The number of nitrogens with zero attached hydrogens (tertiary/aromatic N) is 5. The lowest BCUT2D eigenvalue weighted by molar-refractivity contribution is -0.419. The van der Waals surface area contributed by atoms with Crippen LogP contribution in [0.3, 0.4) is 0 Å². The summed E-state index contributed by atoms with van der Waals surface area (Å²) in [5.41, 5.74) is 0.876. The minimum absolute atomic E-state index is 0.0592. The molecular weight excluding hydrogens is 437 g/mol. The second kappa shape index (κ2) is 7.69. The zero-order valence-corrected chi connectivity index (χ0v) is 15.8. The smallest absolute Gasteiger partial charge is 0.332 e. The normalized spacial score (nSPS) is 17.3. The fourth-order valence-electron chi connectivity index (χ4n) is 2.53. The predicted octanol–water partition coefficient (Wildman–Crippen LogP) is 3.21. The number of allylic oxidation sites excluding steroid dienone is 1. The zero-order chi connectivity index (χ0) is 18.0. The molecule has 0 atom stereocenters. The van der Waals surface area contributed by atoms with Crippen molar-refractivity contribution in [3.8, 4) is 0 Å². The summed E-state index contributed by atoms with van der Waals surface area (Å²) >= 11 is 15.0. The largest absolute Gasteiger partial charge is 0.378 e. The van der Waals surface area contributed by atoms with E-state index in [0.29, 0.717) is 37.3 Å². The number of rotatable bonds is 4. The van der Waals surface area contributed by atoms with Crippen molar-refractivity contribution in [2.75, 3.05) is 26.3 Å². The van der Waals surface area contributed by atoms with Crippen LogP contribution >= 0.6 is 39.1 Å². The summed E-state index contributed by atoms with van der Waals surface area (Å²) < 4.78 is 6.69. The van der Waals surface area contributed by atoms with Crippen LogP contribution in [0.5, 0.6) is 0 Å². The molecule has 8 nitrogen and oxygen atoms in total. The Morgan fingerprint density at radius 2 is 1.96 bits per heavy atom. The van der Waals surface area contributed by atoms with Crippen LogP contribution in [-0.4, -0.2) is 51.1 Å². The Morgan fingerprint density at radius 3 is 2.60 bits per heavy atom. The molecule has 132 valence electrons. The van der Waals surface area contributed by atoms with Crippen LogP contribution in [0.25, 0.3) is 16.9 Å². The van der Waals surface area contributed by atoms with Gasteiger partial charge < -0.3 is 9.64 Å². The number of benzene rings is 1. The number of hydrogen-bond donors (Lipinski definition) is 0. The second-order valence-corrected chi connectivity index (χ2v) is 7.10. The van der Waals surface area contributed by atoms with Gasteiger partial charge in [-0.05, 0) is 28.1 Å². The van der Waals surface area contributed by atoms with E-state index in [2.05, 4.69) is 26.2 Å². The molecule has 2 heterocycles. The molecule has 3 rings (SSSR count). The van der Waals surface area contributed by atoms with Gasteiger partial charge in [-0.15, -0.1) is 5.10 Å². The summed E-state index contributed by atoms with van der Waals surface area (Å²) in [5.74, 6) is 0.199. The van der Waals surface area contributed by atoms with Crippen LogP contribution in [0.4, 0.5) is 0 Å². The first kappa shape index (κ1) is 18.1. The Morgan fingerprint density at radius 1 is 1.28 bits per heavy atom. The van der Waals surface area contributed by atoms with Gasteiger partial charge in [0.05, 0.1) is 23.7 Å². The number of aromatic nitrogens is 3. The highest BCUT2D eigenvalue weighted by Gasteiger charge is 2.32. The van der Waals surface area contributed by atoms with Crippen molar-refractivity contribution in [2.45, 2.75) is 0 Å². The van der Waals surface area contributed by atoms with Crippen LogP contribution in [0.15, 0.2) is 38.9 Å². The molecule has 0 bridgehead atoms. The predicted molar refractivity (Wildman–Crippen MR) is 97.8 cm³/mol. The lowest BCUT2D eigenvalue weighted by Gasteiger charge is -2.30. The minimum Gasteiger partial charge on any atom is -0.378 e. The van der Waals surface area contributed by atoms with Gasteiger partial charge in [-0.25, -0.2) is 0 Å². The molecule has 1 fully saturated rings. The number of para-hydroxylation sites is 1. The van der Waals surface area contributed by atoms with E-state index in [9.17, 15) is 10.1 Å². The molecule has 11 heteroatoms. The van der Waals surface area contributed by atoms with Gasteiger partial charge in [0.25, 0.3) is 0 Å². The van der Waals surface area contributed by atoms with Crippen LogP contribution in [0.1, 0.15) is 0 Å². The SMILES string of the molecule is O=[N+]([O-])C(/C(Cl)=C(/Cl)Br)=C(\N1CCOCC1)n1nnc2ccccc21. The topological polar surface area (TPSA) is 86.3 Å². The second-order valence-electron chi connectivity index (χ2n) is 5.09. The van der Waals surface area contributed by atoms with Crippen molar-refractivity contribution in [1.29, 1.82) is 0 Å². The molecule has 0 amide bonds. The molecule has 1 aromatic heterocycles. The molecule has 0 aliphatic carbocycles. The highest BCUT2D eigenvalue weighted by atomic mass is 79.9. The van der Waals surface area contributed by atoms with Crippen LogP contribution in [-0.2, 0) is 4.74 Å². The van der Waals surface area contributed by atoms with Crippen molar-refractivity contribution in [3.05, 3.63) is 49.1 Å². The number of ether oxygens (including phenoxy) is 1. The molecule has 0 radical (unpaired) electrons. The van der Waals surface area contributed by atoms with E-state index in [-0.39, 0.29) is 20.5 Å². The minimum atomic E-state index is -0.576. The Kier molecular flexibility index (Phi) is 5.57. The van der Waals surface area contributed by atoms with Crippen LogP contribution < -0.4 is 0 Å². The first-order valence-electron chi connectivity index (χ1n) is 7.24. The number of nitro groups is 1. The highest BCUT2D eigenvalue weighted by molar-refractivity contribution is 9.12. The van der Waals surface area contributed by atoms with E-state index in [4.69, 9.17) is 27.9 Å². The fourth-order valence-corrected chi connectivity index (χ4v) is 2.96. The van der Waals surface area contributed by atoms with E-state index < -0.39 is 4.92 Å². The molecule has 25 heavy (non-hydrogen) atoms. The molecule has 1 aliphatic heterocycles. The Labute approximate surface area is 160 Å². The fraction of sp³-hybridized carbons (Fsp3) is 0.286. The van der Waals surface area contributed by atoms with Crippen molar-refractivity contribution < 1.29 is 9.66 Å². The van der Waals surface area contributed by atoms with E-state index in [1.807, 2.05) is 6.07 Å². The average molecular weight is 449 g/mol. The van der Waals surface area contributed by atoms with E-state index >= 15 is 0 Å². The summed E-state index contributed by atoms with van der Waals surface area (Å²) in [4.78, 5) is 13.0. The average Bonchev–Trinajstić information content (AvgIpc) is 3.03. The molecule has 0 saturated carbocycles. The maximum atomic E-state index is 11.8. The Hall–Kier alpha value is -1.68. The number of fused-ring (bicyclic) bond motifs is 1. The molecule has 2 aromatic rings. The first-order chi connectivity index (χ1) is 12.0. The standard InChI is InChI=1S/C14H12BrCl2N5O3/c15-13(17)11(16)12(22(23)24)14(20-5-7-25-8-6-20)21-10-4-2-1-3-9(10)18-19-21/h1-4H,5-8H2/b13-11-,14-12+. The molecular formula is C14H12BrCl2N5O3. The van der Waals surface area contributed by atoms with E-state index in [1.165, 1.54) is 4.68 Å². The monoisotopic (exact) mass is 447 g/mol. The summed E-state index contributed by atoms with van der Waals surface area (Å²) in [7, 11) is 0. The number of halogens is 3. The molecule has 0 N–H and O–H groups in total. The third kappa shape index (κ3) is 3.64. The maximum absolute atomic E-state index is 11.8. The molecule has 1 aliphatic rings. The summed E-state index contributed by atoms with van der Waals surface area (Å²) in [6.07, 6.45) is 0. The zero-order valence-electron chi connectivity index (χ0n) is 12.7. The van der Waals surface area contributed by atoms with E-state index in [0.717, 1.165) is 0 Å². The quantitative estimate of drug-likeness (QED) is 0.405. The van der Waals surface area contributed by atoms with Gasteiger partial charge in [-0.1, -0.05) is 40.5 Å². The van der Waals surface area contributed by atoms with Crippen molar-refractivity contribution >= 4 is 56.0 Å². The summed E-state index contributed by atoms with van der Waals surface area (Å²) in [6.45, 7) is 1.77. The van der Waals surface area contributed by atoms with Crippen molar-refractivity contribution in [3.63, 3.8) is 0 Å². The molecule has 0 spiro atoms. The van der Waals surface area contributed by atoms with Crippen LogP contribution in [0, 0.1) is 10.1 Å². The van der Waals surface area contributed by atoms with Gasteiger partial charge in [0.1, 0.15) is 14.5 Å². The van der Waals surface area contributed by atoms with Gasteiger partial charge >= 0.3 is 5.70 Å². The van der Waals surface area contributed by atoms with Gasteiger partial charge in [0.15, 0.2) is 0 Å². The van der Waals surface area contributed by atoms with Crippen molar-refractivity contribution in [2.24, 2.45) is 0 Å². The van der Waals surface area contributed by atoms with Crippen LogP contribution in [0.2, 0.25) is 0 Å². The van der Waals surface area contributed by atoms with Gasteiger partial charge in [-0.2, -0.15) is 4.68 Å². The Balaban J connectivity index is 2.30. The van der Waals surface area contributed by atoms with Gasteiger partial charge in [0.2, 0.25) is 5.82 Å². The van der Waals surface area contributed by atoms with Crippen molar-refractivity contribution in [1.82, 2.24) is 19.9 Å². The molecule has 1 saturated heterocycles. The maximum Gasteiger partial charge on any atom is 0.332 e. The third-order valence-corrected chi connectivity index (χ3v) is 4.91. The van der Waals surface area contributed by atoms with Gasteiger partial charge in [-0.3, -0.25) is 10.1 Å². The first-order valence-corrected chi connectivity index (χ1v) is 8.79. The van der Waals surface area contributed by atoms with Gasteiger partial charge in [0, 0.05) is 13.1 Å². The Bertz CT molecular complexity index is 872. The van der Waals surface area contributed by atoms with E-state index in [1.54, 1.807) is 23.1 Å². The summed E-state index contributed by atoms with van der Waals surface area (Å²) in [5, 5.41) is 19.7. The third-order valence-electron chi connectivity index (χ3n) is 3.63. The lowest BCUT2D eigenvalue weighted by atomic mass is 10.3. The lowest BCUT2D eigenvalue weighted by Crippen LogP contribution is -2.38. The molecule has 0 unspecified atom stereocenters. The number of morpholine rings is 1. The molecule has 1 aromatic carbocycles. The number of hydrogen-bond acceptors (Lipinski definition) is 6. The summed E-state index contributed by atoms with van der Waals surface area (Å²) in [6, 6.07) is 7.17.